The van der Waals surface area contributed by atoms with Gasteiger partial charge in [0.1, 0.15) is 25.2 Å². The number of hydrogen-bond donors (Lipinski definition) is 2. The Balaban J connectivity index is 1.55. The Morgan fingerprint density at radius 3 is 2.42 bits per heavy atom. The van der Waals surface area contributed by atoms with Gasteiger partial charge < -0.3 is 29.6 Å². The zero-order chi connectivity index (χ0) is 22.2. The Morgan fingerprint density at radius 1 is 1.00 bits per heavy atom. The number of amides is 2. The fourth-order valence-electron chi connectivity index (χ4n) is 2.64. The van der Waals surface area contributed by atoms with Crippen molar-refractivity contribution in [3.8, 4) is 5.75 Å². The summed E-state index contributed by atoms with van der Waals surface area (Å²) in [6, 6.07) is 13.3. The molecule has 0 spiro atoms. The molecule has 1 heterocycles. The number of nitrogens with one attached hydrogen (secondary N) is 2. The number of rotatable bonds is 7. The second kappa shape index (κ2) is 10.1. The lowest BCUT2D eigenvalue weighted by atomic mass is 10.2. The second-order valence-electron chi connectivity index (χ2n) is 6.47. The number of para-hydroxylation sites is 2. The Morgan fingerprint density at radius 2 is 1.74 bits per heavy atom. The summed E-state index contributed by atoms with van der Waals surface area (Å²) in [7, 11) is 1.52. The molecule has 3 rings (SSSR count). The number of ether oxygens (including phenoxy) is 4. The van der Waals surface area contributed by atoms with Crippen LogP contribution < -0.4 is 15.4 Å². The van der Waals surface area contributed by atoms with Crippen LogP contribution in [0.4, 0.5) is 11.4 Å². The molecule has 1 aliphatic heterocycles. The zero-order valence-electron chi connectivity index (χ0n) is 17.0. The van der Waals surface area contributed by atoms with E-state index in [9.17, 15) is 14.4 Å². The molecule has 2 amide bonds. The van der Waals surface area contributed by atoms with Gasteiger partial charge in [0.05, 0.1) is 12.8 Å². The quantitative estimate of drug-likeness (QED) is 0.655. The highest BCUT2D eigenvalue weighted by atomic mass is 16.6. The smallest absolute Gasteiger partial charge is 0.377 e. The van der Waals surface area contributed by atoms with Crippen LogP contribution in [0.1, 0.15) is 17.3 Å². The zero-order valence-corrected chi connectivity index (χ0v) is 17.0. The molecule has 0 saturated carbocycles. The molecule has 9 nitrogen and oxygen atoms in total. The minimum Gasteiger partial charge on any atom is -0.495 e. The summed E-state index contributed by atoms with van der Waals surface area (Å²) in [6.07, 6.45) is 0.0954. The maximum atomic E-state index is 12.5. The van der Waals surface area contributed by atoms with Gasteiger partial charge in [-0.1, -0.05) is 12.1 Å². The van der Waals surface area contributed by atoms with Crippen molar-refractivity contribution >= 4 is 29.2 Å². The largest absolute Gasteiger partial charge is 0.495 e. The SMILES string of the molecule is COc1ccccc1NC(=O)c1ccc(NC(=O)[C@H](C)OC(=O)C2=COCCO2)cc1. The highest BCUT2D eigenvalue weighted by Crippen LogP contribution is 2.24. The number of benzene rings is 2. The van der Waals surface area contributed by atoms with Gasteiger partial charge in [0.25, 0.3) is 11.8 Å². The van der Waals surface area contributed by atoms with E-state index in [0.717, 1.165) is 6.26 Å². The standard InChI is InChI=1S/C22H22N2O7/c1-14(31-22(27)19-13-29-11-12-30-19)20(25)23-16-9-7-15(8-10-16)21(26)24-17-5-3-4-6-18(17)28-2/h3-10,13-14H,11-12H2,1-2H3,(H,23,25)(H,24,26)/t14-/m0/s1. The van der Waals surface area contributed by atoms with E-state index >= 15 is 0 Å². The first-order valence-corrected chi connectivity index (χ1v) is 9.49. The van der Waals surface area contributed by atoms with Crippen molar-refractivity contribution in [1.29, 1.82) is 0 Å². The van der Waals surface area contributed by atoms with Crippen LogP contribution in [0.2, 0.25) is 0 Å². The van der Waals surface area contributed by atoms with Crippen LogP contribution in [0.25, 0.3) is 0 Å². The molecule has 31 heavy (non-hydrogen) atoms. The fraction of sp³-hybridized carbons (Fsp3) is 0.227. The average molecular weight is 426 g/mol. The molecule has 1 aliphatic rings. The lowest BCUT2D eigenvalue weighted by Gasteiger charge is -2.17. The van der Waals surface area contributed by atoms with Crippen LogP contribution in [0, 0.1) is 0 Å². The Bertz CT molecular complexity index is 986. The van der Waals surface area contributed by atoms with Crippen molar-refractivity contribution in [3.05, 3.63) is 66.1 Å². The van der Waals surface area contributed by atoms with Gasteiger partial charge >= 0.3 is 5.97 Å². The van der Waals surface area contributed by atoms with E-state index in [1.54, 1.807) is 48.5 Å². The van der Waals surface area contributed by atoms with E-state index in [1.165, 1.54) is 14.0 Å². The highest BCUT2D eigenvalue weighted by Gasteiger charge is 2.23. The first-order chi connectivity index (χ1) is 15.0. The van der Waals surface area contributed by atoms with Gasteiger partial charge in [0.2, 0.25) is 5.76 Å². The van der Waals surface area contributed by atoms with Gasteiger partial charge in [-0.05, 0) is 43.3 Å². The predicted molar refractivity (Wildman–Crippen MR) is 112 cm³/mol. The molecule has 0 unspecified atom stereocenters. The van der Waals surface area contributed by atoms with E-state index in [1.807, 2.05) is 0 Å². The van der Waals surface area contributed by atoms with Gasteiger partial charge in [-0.2, -0.15) is 0 Å². The lowest BCUT2D eigenvalue weighted by Crippen LogP contribution is -2.31. The van der Waals surface area contributed by atoms with E-state index < -0.39 is 18.0 Å². The first kappa shape index (κ1) is 21.7. The summed E-state index contributed by atoms with van der Waals surface area (Å²) in [5.74, 6) is -1.18. The van der Waals surface area contributed by atoms with Crippen LogP contribution in [0.3, 0.4) is 0 Å². The van der Waals surface area contributed by atoms with E-state index in [-0.39, 0.29) is 18.3 Å². The van der Waals surface area contributed by atoms with Crippen LogP contribution in [-0.4, -0.2) is 44.2 Å². The fourth-order valence-corrected chi connectivity index (χ4v) is 2.64. The van der Waals surface area contributed by atoms with Crippen LogP contribution >= 0.6 is 0 Å². The van der Waals surface area contributed by atoms with E-state index in [4.69, 9.17) is 18.9 Å². The summed E-state index contributed by atoms with van der Waals surface area (Å²) in [5.41, 5.74) is 1.38. The van der Waals surface area contributed by atoms with Crippen LogP contribution in [0.5, 0.6) is 5.75 Å². The van der Waals surface area contributed by atoms with Crippen LogP contribution in [0.15, 0.2) is 60.6 Å². The molecule has 2 N–H and O–H groups in total. The maximum Gasteiger partial charge on any atom is 0.377 e. The molecule has 0 saturated heterocycles. The van der Waals surface area contributed by atoms with Crippen molar-refractivity contribution in [1.82, 2.24) is 0 Å². The Hall–Kier alpha value is -4.01. The molecule has 0 aliphatic carbocycles. The lowest BCUT2D eigenvalue weighted by molar-refractivity contribution is -0.153. The summed E-state index contributed by atoms with van der Waals surface area (Å²) >= 11 is 0. The molecule has 0 radical (unpaired) electrons. The van der Waals surface area contributed by atoms with Crippen molar-refractivity contribution in [2.24, 2.45) is 0 Å². The summed E-state index contributed by atoms with van der Waals surface area (Å²) in [6.45, 7) is 2.02. The minimum absolute atomic E-state index is 0.0867. The Kier molecular flexibility index (Phi) is 7.10. The number of hydrogen-bond acceptors (Lipinski definition) is 7. The minimum atomic E-state index is -1.06. The third-order valence-corrected chi connectivity index (χ3v) is 4.27. The molecule has 0 fully saturated rings. The van der Waals surface area contributed by atoms with E-state index in [0.29, 0.717) is 29.3 Å². The van der Waals surface area contributed by atoms with Gasteiger partial charge in [0.15, 0.2) is 6.10 Å². The number of carbonyl (C=O) groups is 3. The molecule has 2 aromatic carbocycles. The molecular formula is C22H22N2O7. The van der Waals surface area contributed by atoms with Crippen molar-refractivity contribution in [3.63, 3.8) is 0 Å². The summed E-state index contributed by atoms with van der Waals surface area (Å²) < 4.78 is 20.4. The third-order valence-electron chi connectivity index (χ3n) is 4.27. The van der Waals surface area contributed by atoms with Crippen molar-refractivity contribution in [2.75, 3.05) is 31.0 Å². The van der Waals surface area contributed by atoms with Gasteiger partial charge in [-0.25, -0.2) is 4.79 Å². The van der Waals surface area contributed by atoms with Gasteiger partial charge in [-0.15, -0.1) is 0 Å². The Labute approximate surface area is 178 Å². The molecule has 0 bridgehead atoms. The number of esters is 1. The third kappa shape index (κ3) is 5.75. The molecular weight excluding hydrogens is 404 g/mol. The summed E-state index contributed by atoms with van der Waals surface area (Å²) in [5, 5.41) is 5.40. The molecule has 2 aromatic rings. The van der Waals surface area contributed by atoms with Gasteiger partial charge in [-0.3, -0.25) is 9.59 Å². The highest BCUT2D eigenvalue weighted by molar-refractivity contribution is 6.05. The second-order valence-corrected chi connectivity index (χ2v) is 6.47. The average Bonchev–Trinajstić information content (AvgIpc) is 2.80. The monoisotopic (exact) mass is 426 g/mol. The maximum absolute atomic E-state index is 12.5. The first-order valence-electron chi connectivity index (χ1n) is 9.49. The van der Waals surface area contributed by atoms with Crippen LogP contribution in [-0.2, 0) is 23.8 Å². The number of anilines is 2. The summed E-state index contributed by atoms with van der Waals surface area (Å²) in [4.78, 5) is 36.7. The number of carbonyl (C=O) groups excluding carboxylic acids is 3. The normalized spacial score (nSPS) is 13.5. The topological polar surface area (TPSA) is 112 Å². The van der Waals surface area contributed by atoms with Crippen molar-refractivity contribution in [2.45, 2.75) is 13.0 Å². The predicted octanol–water partition coefficient (Wildman–Crippen LogP) is 2.71. The van der Waals surface area contributed by atoms with Gasteiger partial charge in [0, 0.05) is 11.3 Å². The molecule has 162 valence electrons. The van der Waals surface area contributed by atoms with E-state index in [2.05, 4.69) is 10.6 Å². The molecule has 0 aromatic heterocycles. The molecule has 9 heteroatoms. The molecule has 1 atom stereocenters. The number of methoxy groups -OCH3 is 1. The van der Waals surface area contributed by atoms with Crippen molar-refractivity contribution < 1.29 is 33.3 Å².